The van der Waals surface area contributed by atoms with Crippen LogP contribution in [0.3, 0.4) is 0 Å². The van der Waals surface area contributed by atoms with Crippen LogP contribution in [0.1, 0.15) is 88.2 Å². The molecule has 0 spiro atoms. The van der Waals surface area contributed by atoms with Crippen molar-refractivity contribution in [1.82, 2.24) is 0 Å². The predicted octanol–water partition coefficient (Wildman–Crippen LogP) is 7.03. The minimum absolute atomic E-state index is 0.259. The molecule has 3 unspecified atom stereocenters. The fraction of sp³-hybridized carbons (Fsp3) is 0.652. The number of benzene rings is 1. The second-order valence-corrected chi connectivity index (χ2v) is 9.56. The Hall–Kier alpha value is -1.24. The smallest absolute Gasteiger partial charge is 0.134 e. The van der Waals surface area contributed by atoms with Gasteiger partial charge in [0.25, 0.3) is 0 Å². The fourth-order valence-corrected chi connectivity index (χ4v) is 5.99. The third kappa shape index (κ3) is 2.13. The van der Waals surface area contributed by atoms with Gasteiger partial charge < -0.3 is 4.42 Å². The molecule has 4 rings (SSSR count). The van der Waals surface area contributed by atoms with E-state index in [1.54, 1.807) is 5.56 Å². The van der Waals surface area contributed by atoms with Gasteiger partial charge in [-0.2, -0.15) is 0 Å². The summed E-state index contributed by atoms with van der Waals surface area (Å²) in [5, 5.41) is 1.40. The molecule has 0 aliphatic heterocycles. The van der Waals surface area contributed by atoms with Crippen LogP contribution in [-0.4, -0.2) is 0 Å². The van der Waals surface area contributed by atoms with Crippen LogP contribution in [-0.2, 0) is 5.41 Å². The molecule has 1 heteroatoms. The van der Waals surface area contributed by atoms with Gasteiger partial charge in [0.05, 0.1) is 0 Å². The Kier molecular flexibility index (Phi) is 3.47. The Balaban J connectivity index is 2.03. The van der Waals surface area contributed by atoms with E-state index in [0.29, 0.717) is 11.3 Å². The molecule has 1 aromatic heterocycles. The molecule has 1 heterocycles. The summed E-state index contributed by atoms with van der Waals surface area (Å²) in [6, 6.07) is 4.66. The summed E-state index contributed by atoms with van der Waals surface area (Å²) >= 11 is 0. The van der Waals surface area contributed by atoms with Crippen molar-refractivity contribution in [1.29, 1.82) is 0 Å². The Morgan fingerprint density at radius 3 is 2.46 bits per heavy atom. The number of rotatable bonds is 0. The van der Waals surface area contributed by atoms with Gasteiger partial charge in [-0.25, -0.2) is 0 Å². The maximum Gasteiger partial charge on any atom is 0.134 e. The van der Waals surface area contributed by atoms with Crippen LogP contribution in [0, 0.1) is 25.2 Å². The van der Waals surface area contributed by atoms with E-state index in [-0.39, 0.29) is 5.41 Å². The fourth-order valence-electron chi connectivity index (χ4n) is 5.99. The Labute approximate surface area is 146 Å². The van der Waals surface area contributed by atoms with Gasteiger partial charge in [-0.1, -0.05) is 34.1 Å². The highest BCUT2D eigenvalue weighted by Gasteiger charge is 2.51. The molecule has 0 radical (unpaired) electrons. The molecule has 2 aliphatic carbocycles. The largest absolute Gasteiger partial charge is 0.460 e. The van der Waals surface area contributed by atoms with E-state index >= 15 is 0 Å². The first kappa shape index (κ1) is 16.2. The van der Waals surface area contributed by atoms with Crippen molar-refractivity contribution in [2.24, 2.45) is 11.3 Å². The predicted molar refractivity (Wildman–Crippen MR) is 102 cm³/mol. The van der Waals surface area contributed by atoms with Crippen LogP contribution in [0.15, 0.2) is 16.5 Å². The maximum atomic E-state index is 6.50. The second kappa shape index (κ2) is 5.13. The Morgan fingerprint density at radius 1 is 1.00 bits per heavy atom. The summed E-state index contributed by atoms with van der Waals surface area (Å²) < 4.78 is 6.50. The minimum atomic E-state index is 0.259. The van der Waals surface area contributed by atoms with Gasteiger partial charge >= 0.3 is 0 Å². The molecule has 1 fully saturated rings. The molecule has 1 aromatic carbocycles. The third-order valence-electron chi connectivity index (χ3n) is 7.47. The van der Waals surface area contributed by atoms with Crippen LogP contribution in [0.4, 0.5) is 0 Å². The summed E-state index contributed by atoms with van der Waals surface area (Å²) in [6.45, 7) is 14.3. The molecule has 24 heavy (non-hydrogen) atoms. The summed E-state index contributed by atoms with van der Waals surface area (Å²) in [7, 11) is 0. The van der Waals surface area contributed by atoms with E-state index < -0.39 is 0 Å². The van der Waals surface area contributed by atoms with Crippen LogP contribution >= 0.6 is 0 Å². The van der Waals surface area contributed by atoms with Crippen molar-refractivity contribution in [3.05, 3.63) is 34.6 Å². The molecule has 130 valence electrons. The van der Waals surface area contributed by atoms with Gasteiger partial charge in [-0.3, -0.25) is 0 Å². The number of hydrogen-bond donors (Lipinski definition) is 0. The Morgan fingerprint density at radius 2 is 1.71 bits per heavy atom. The molecule has 2 aromatic rings. The molecule has 0 N–H and O–H groups in total. The zero-order valence-corrected chi connectivity index (χ0v) is 16.3. The molecule has 0 saturated heterocycles. The van der Waals surface area contributed by atoms with Crippen molar-refractivity contribution in [2.45, 2.75) is 85.0 Å². The van der Waals surface area contributed by atoms with E-state index in [1.165, 1.54) is 54.4 Å². The zero-order valence-electron chi connectivity index (χ0n) is 16.3. The van der Waals surface area contributed by atoms with Crippen LogP contribution in [0.25, 0.3) is 11.0 Å². The topological polar surface area (TPSA) is 13.1 Å². The van der Waals surface area contributed by atoms with Gasteiger partial charge in [0, 0.05) is 16.9 Å². The van der Waals surface area contributed by atoms with Crippen molar-refractivity contribution >= 4 is 11.0 Å². The number of aryl methyl sites for hydroxylation is 2. The standard InChI is InChI=1S/C23H32O/c1-14-8-9-19-22(4,5)10-7-11-23(19,6)20-17-12-15(2)16(3)13-18(17)24-21(14)20/h12-14,19H,7-11H2,1-6H3. The quantitative estimate of drug-likeness (QED) is 0.507. The monoisotopic (exact) mass is 324 g/mol. The minimum Gasteiger partial charge on any atom is -0.460 e. The molecule has 1 saturated carbocycles. The zero-order chi connectivity index (χ0) is 17.3. The summed E-state index contributed by atoms with van der Waals surface area (Å²) in [5.41, 5.74) is 6.08. The van der Waals surface area contributed by atoms with Crippen molar-refractivity contribution in [2.75, 3.05) is 0 Å². The van der Waals surface area contributed by atoms with Gasteiger partial charge in [-0.05, 0) is 79.5 Å². The summed E-state index contributed by atoms with van der Waals surface area (Å²) in [4.78, 5) is 0. The first-order valence-electron chi connectivity index (χ1n) is 9.78. The lowest BCUT2D eigenvalue weighted by atomic mass is 9.53. The van der Waals surface area contributed by atoms with Gasteiger partial charge in [0.2, 0.25) is 0 Å². The number of fused-ring (bicyclic) bond motifs is 5. The molecule has 2 aliphatic rings. The first-order valence-corrected chi connectivity index (χ1v) is 9.78. The van der Waals surface area contributed by atoms with Crippen molar-refractivity contribution < 1.29 is 4.42 Å². The molecule has 3 atom stereocenters. The van der Waals surface area contributed by atoms with E-state index in [2.05, 4.69) is 53.7 Å². The number of furan rings is 1. The number of hydrogen-bond acceptors (Lipinski definition) is 1. The van der Waals surface area contributed by atoms with Gasteiger partial charge in [-0.15, -0.1) is 0 Å². The van der Waals surface area contributed by atoms with E-state index in [9.17, 15) is 0 Å². The first-order chi connectivity index (χ1) is 11.2. The van der Waals surface area contributed by atoms with E-state index in [0.717, 1.165) is 11.5 Å². The average Bonchev–Trinajstić information content (AvgIpc) is 2.80. The van der Waals surface area contributed by atoms with E-state index in [1.807, 2.05) is 0 Å². The highest BCUT2D eigenvalue weighted by molar-refractivity contribution is 5.85. The maximum absolute atomic E-state index is 6.50. The average molecular weight is 325 g/mol. The van der Waals surface area contributed by atoms with Gasteiger partial charge in [0.15, 0.2) is 0 Å². The van der Waals surface area contributed by atoms with Crippen LogP contribution in [0.5, 0.6) is 0 Å². The second-order valence-electron chi connectivity index (χ2n) is 9.56. The van der Waals surface area contributed by atoms with Crippen LogP contribution in [0.2, 0.25) is 0 Å². The SMILES string of the molecule is Cc1cc2oc3c(c2cc1C)C1(C)CCCC(C)(C)C1CCC3C. The van der Waals surface area contributed by atoms with E-state index in [4.69, 9.17) is 4.42 Å². The summed E-state index contributed by atoms with van der Waals surface area (Å²) in [6.07, 6.45) is 6.61. The molecular weight excluding hydrogens is 292 g/mol. The highest BCUT2D eigenvalue weighted by Crippen LogP contribution is 2.59. The van der Waals surface area contributed by atoms with Crippen molar-refractivity contribution in [3.8, 4) is 0 Å². The molecular formula is C23H32O. The lowest BCUT2D eigenvalue weighted by molar-refractivity contribution is 0.0504. The van der Waals surface area contributed by atoms with Gasteiger partial charge in [0.1, 0.15) is 11.3 Å². The molecule has 0 amide bonds. The lowest BCUT2D eigenvalue weighted by Gasteiger charge is -2.50. The Bertz CT molecular complexity index is 794. The third-order valence-corrected chi connectivity index (χ3v) is 7.47. The molecule has 1 nitrogen and oxygen atoms in total. The highest BCUT2D eigenvalue weighted by atomic mass is 16.3. The summed E-state index contributed by atoms with van der Waals surface area (Å²) in [5.74, 6) is 2.58. The lowest BCUT2D eigenvalue weighted by Crippen LogP contribution is -2.44. The normalized spacial score (nSPS) is 32.2. The van der Waals surface area contributed by atoms with Crippen molar-refractivity contribution in [3.63, 3.8) is 0 Å². The van der Waals surface area contributed by atoms with Crippen LogP contribution < -0.4 is 0 Å². The molecule has 0 bridgehead atoms.